The Labute approximate surface area is 154 Å². The van der Waals surface area contributed by atoms with Crippen molar-refractivity contribution in [3.05, 3.63) is 61.4 Å². The highest BCUT2D eigenvalue weighted by molar-refractivity contribution is 5.56. The van der Waals surface area contributed by atoms with Gasteiger partial charge < -0.3 is 14.2 Å². The predicted octanol–water partition coefficient (Wildman–Crippen LogP) is 3.78. The molecule has 0 N–H and O–H groups in total. The zero-order chi connectivity index (χ0) is 19.8. The molecule has 0 spiro atoms. The summed E-state index contributed by atoms with van der Waals surface area (Å²) in [6, 6.07) is 3.21. The molecule has 10 heteroatoms. The normalized spacial score (nSPS) is 15.5. The molecule has 2 heterocycles. The van der Waals surface area contributed by atoms with E-state index in [1.165, 1.54) is 6.07 Å². The number of aromatic nitrogens is 1. The maximum Gasteiger partial charge on any atom is 0.318 e. The summed E-state index contributed by atoms with van der Waals surface area (Å²) in [5, 5.41) is 22.2. The van der Waals surface area contributed by atoms with Crippen molar-refractivity contribution in [2.24, 2.45) is 0 Å². The average Bonchev–Trinajstić information content (AvgIpc) is 2.76. The van der Waals surface area contributed by atoms with Crippen molar-refractivity contribution in [2.75, 3.05) is 0 Å². The van der Waals surface area contributed by atoms with E-state index in [1.54, 1.807) is 27.0 Å². The van der Waals surface area contributed by atoms with E-state index in [4.69, 9.17) is 14.2 Å². The molecule has 0 amide bonds. The zero-order valence-electron chi connectivity index (χ0n) is 14.9. The van der Waals surface area contributed by atoms with Crippen molar-refractivity contribution < 1.29 is 24.1 Å². The van der Waals surface area contributed by atoms with E-state index in [1.807, 2.05) is 0 Å². The maximum absolute atomic E-state index is 11.3. The topological polar surface area (TPSA) is 127 Å². The number of hydrogen-bond donors (Lipinski definition) is 0. The smallest absolute Gasteiger partial charge is 0.318 e. The highest BCUT2D eigenvalue weighted by atomic mass is 16.7. The number of pyridine rings is 1. The molecule has 0 aliphatic carbocycles. The van der Waals surface area contributed by atoms with Crippen molar-refractivity contribution in [1.82, 2.24) is 4.98 Å². The highest BCUT2D eigenvalue weighted by Crippen LogP contribution is 2.39. The van der Waals surface area contributed by atoms with Crippen molar-refractivity contribution in [1.29, 1.82) is 0 Å². The number of non-ortho nitro benzene ring substituents is 1. The first kappa shape index (κ1) is 18.7. The summed E-state index contributed by atoms with van der Waals surface area (Å²) in [5.74, 6) is -0.608. The number of ether oxygens (including phenoxy) is 3. The fourth-order valence-corrected chi connectivity index (χ4v) is 2.59. The van der Waals surface area contributed by atoms with Crippen LogP contribution < -0.4 is 4.74 Å². The third-order valence-corrected chi connectivity index (χ3v) is 4.11. The maximum atomic E-state index is 11.3. The molecule has 1 aromatic carbocycles. The molecule has 1 aromatic heterocycles. The Morgan fingerprint density at radius 1 is 1.15 bits per heavy atom. The molecule has 0 unspecified atom stereocenters. The molecule has 0 saturated heterocycles. The van der Waals surface area contributed by atoms with Gasteiger partial charge >= 0.3 is 5.69 Å². The lowest BCUT2D eigenvalue weighted by Crippen LogP contribution is -2.25. The van der Waals surface area contributed by atoms with Gasteiger partial charge in [0, 0.05) is 23.4 Å². The summed E-state index contributed by atoms with van der Waals surface area (Å²) in [5.41, 5.74) is 1.01. The van der Waals surface area contributed by atoms with Gasteiger partial charge in [0.05, 0.1) is 34.8 Å². The molecule has 0 fully saturated rings. The Balaban J connectivity index is 2.05. The second-order valence-electron chi connectivity index (χ2n) is 6.42. The van der Waals surface area contributed by atoms with Gasteiger partial charge in [0.1, 0.15) is 0 Å². The number of rotatable bonds is 4. The van der Waals surface area contributed by atoms with Crippen LogP contribution in [-0.2, 0) is 22.7 Å². The number of hydrogen-bond acceptors (Lipinski definition) is 8. The minimum atomic E-state index is -0.802. The molecule has 0 bridgehead atoms. The number of nitro groups is 2. The van der Waals surface area contributed by atoms with Gasteiger partial charge in [0.25, 0.3) is 5.69 Å². The molecule has 2 aromatic rings. The quantitative estimate of drug-likeness (QED) is 0.583. The second kappa shape index (κ2) is 6.89. The molecule has 1 aliphatic heterocycles. The summed E-state index contributed by atoms with van der Waals surface area (Å²) >= 11 is 0. The minimum Gasteiger partial charge on any atom is -0.448 e. The SMILES string of the molecule is Cc1ncc2c(c1Oc1ccc([N+](=O)[O-])cc1[N+](=O)[O-])COC(C)(C)OC2. The standard InChI is InChI=1S/C17H17N3O7/c1-10-16(13-9-26-17(2,3)25-8-11(13)7-18-10)27-15-5-4-12(19(21)22)6-14(15)20(23)24/h4-7H,8-9H2,1-3H3. The van der Waals surface area contributed by atoms with Crippen LogP contribution >= 0.6 is 0 Å². The van der Waals surface area contributed by atoms with Crippen LogP contribution in [0.3, 0.4) is 0 Å². The fourth-order valence-electron chi connectivity index (χ4n) is 2.59. The van der Waals surface area contributed by atoms with E-state index in [0.717, 1.165) is 17.7 Å². The van der Waals surface area contributed by atoms with Gasteiger partial charge in [-0.15, -0.1) is 0 Å². The van der Waals surface area contributed by atoms with Gasteiger partial charge in [-0.2, -0.15) is 0 Å². The molecule has 0 saturated carbocycles. The van der Waals surface area contributed by atoms with Gasteiger partial charge in [-0.25, -0.2) is 0 Å². The van der Waals surface area contributed by atoms with Crippen LogP contribution in [0.4, 0.5) is 11.4 Å². The van der Waals surface area contributed by atoms with Crippen LogP contribution in [0, 0.1) is 27.2 Å². The van der Waals surface area contributed by atoms with E-state index in [2.05, 4.69) is 4.98 Å². The molecule has 142 valence electrons. The lowest BCUT2D eigenvalue weighted by Gasteiger charge is -2.22. The summed E-state index contributed by atoms with van der Waals surface area (Å²) in [7, 11) is 0. The second-order valence-corrected chi connectivity index (χ2v) is 6.42. The number of benzene rings is 1. The number of aryl methyl sites for hydroxylation is 1. The minimum absolute atomic E-state index is 0.117. The van der Waals surface area contributed by atoms with Gasteiger partial charge in [0.15, 0.2) is 11.5 Å². The highest BCUT2D eigenvalue weighted by Gasteiger charge is 2.28. The van der Waals surface area contributed by atoms with Crippen molar-refractivity contribution in [3.63, 3.8) is 0 Å². The molecule has 0 atom stereocenters. The van der Waals surface area contributed by atoms with E-state index < -0.39 is 27.0 Å². The largest absolute Gasteiger partial charge is 0.448 e. The lowest BCUT2D eigenvalue weighted by molar-refractivity contribution is -0.394. The van der Waals surface area contributed by atoms with Crippen LogP contribution in [0.5, 0.6) is 11.5 Å². The number of fused-ring (bicyclic) bond motifs is 1. The molecule has 1 aliphatic rings. The zero-order valence-corrected chi connectivity index (χ0v) is 14.9. The van der Waals surface area contributed by atoms with Gasteiger partial charge in [-0.05, 0) is 26.8 Å². The number of nitrogens with zero attached hydrogens (tertiary/aromatic N) is 3. The first-order valence-electron chi connectivity index (χ1n) is 8.04. The van der Waals surface area contributed by atoms with E-state index in [-0.39, 0.29) is 19.0 Å². The molecule has 27 heavy (non-hydrogen) atoms. The van der Waals surface area contributed by atoms with E-state index in [9.17, 15) is 20.2 Å². The molecular weight excluding hydrogens is 358 g/mol. The van der Waals surface area contributed by atoms with Crippen LogP contribution in [0.15, 0.2) is 24.4 Å². The third-order valence-electron chi connectivity index (χ3n) is 4.11. The first-order chi connectivity index (χ1) is 12.7. The average molecular weight is 375 g/mol. The van der Waals surface area contributed by atoms with Gasteiger partial charge in [0.2, 0.25) is 5.75 Å². The van der Waals surface area contributed by atoms with Crippen LogP contribution in [0.25, 0.3) is 0 Å². The van der Waals surface area contributed by atoms with Gasteiger partial charge in [-0.1, -0.05) is 0 Å². The predicted molar refractivity (Wildman–Crippen MR) is 92.5 cm³/mol. The van der Waals surface area contributed by atoms with Gasteiger partial charge in [-0.3, -0.25) is 25.2 Å². The molecule has 3 rings (SSSR count). The third kappa shape index (κ3) is 3.86. The first-order valence-corrected chi connectivity index (χ1v) is 8.04. The monoisotopic (exact) mass is 375 g/mol. The number of nitro benzene ring substituents is 2. The van der Waals surface area contributed by atoms with Crippen LogP contribution in [0.2, 0.25) is 0 Å². The Kier molecular flexibility index (Phi) is 4.77. The summed E-state index contributed by atoms with van der Waals surface area (Å²) in [4.78, 5) is 25.1. The Morgan fingerprint density at radius 2 is 1.85 bits per heavy atom. The lowest BCUT2D eigenvalue weighted by atomic mass is 10.1. The van der Waals surface area contributed by atoms with Crippen LogP contribution in [-0.4, -0.2) is 20.6 Å². The fraction of sp³-hybridized carbons (Fsp3) is 0.353. The molecular formula is C17H17N3O7. The summed E-state index contributed by atoms with van der Waals surface area (Å²) in [6.45, 7) is 5.67. The Bertz CT molecular complexity index is 927. The van der Waals surface area contributed by atoms with Crippen molar-refractivity contribution in [2.45, 2.75) is 39.8 Å². The van der Waals surface area contributed by atoms with Crippen molar-refractivity contribution >= 4 is 11.4 Å². The van der Waals surface area contributed by atoms with E-state index >= 15 is 0 Å². The summed E-state index contributed by atoms with van der Waals surface area (Å²) < 4.78 is 17.2. The van der Waals surface area contributed by atoms with E-state index in [0.29, 0.717) is 17.0 Å². The Morgan fingerprint density at radius 3 is 2.52 bits per heavy atom. The molecule has 10 nitrogen and oxygen atoms in total. The van der Waals surface area contributed by atoms with Crippen LogP contribution in [0.1, 0.15) is 30.7 Å². The Hall–Kier alpha value is -3.11. The summed E-state index contributed by atoms with van der Waals surface area (Å²) in [6.07, 6.45) is 1.65. The van der Waals surface area contributed by atoms with Crippen molar-refractivity contribution in [3.8, 4) is 11.5 Å². The molecule has 0 radical (unpaired) electrons.